The molecule has 25 heavy (non-hydrogen) atoms. The Morgan fingerprint density at radius 2 is 1.68 bits per heavy atom. The summed E-state index contributed by atoms with van der Waals surface area (Å²) in [6.07, 6.45) is 4.76. The molecule has 5 aliphatic rings. The molecule has 0 spiro atoms. The first kappa shape index (κ1) is 15.8. The van der Waals surface area contributed by atoms with Gasteiger partial charge in [0.2, 0.25) is 5.91 Å². The van der Waals surface area contributed by atoms with Crippen molar-refractivity contribution in [3.05, 3.63) is 35.6 Å². The van der Waals surface area contributed by atoms with Crippen molar-refractivity contribution in [1.29, 1.82) is 0 Å². The third-order valence-electron chi connectivity index (χ3n) is 7.07. The zero-order valence-electron chi connectivity index (χ0n) is 14.2. The first-order chi connectivity index (χ1) is 12.0. The number of hydrogen-bond donors (Lipinski definition) is 1. The Morgan fingerprint density at radius 1 is 1.12 bits per heavy atom. The third-order valence-corrected chi connectivity index (χ3v) is 7.07. The van der Waals surface area contributed by atoms with Gasteiger partial charge in [0.15, 0.2) is 0 Å². The van der Waals surface area contributed by atoms with Crippen molar-refractivity contribution in [3.8, 4) is 0 Å². The van der Waals surface area contributed by atoms with Crippen LogP contribution in [-0.2, 0) is 14.9 Å². The van der Waals surface area contributed by atoms with Gasteiger partial charge in [-0.1, -0.05) is 12.1 Å². The molecule has 1 aromatic rings. The fourth-order valence-electron chi connectivity index (χ4n) is 5.97. The number of aliphatic hydroxyl groups is 1. The van der Waals surface area contributed by atoms with Crippen LogP contribution in [-0.4, -0.2) is 47.3 Å². The molecular formula is C20H24FNO3. The van der Waals surface area contributed by atoms with Gasteiger partial charge in [0, 0.05) is 24.9 Å². The minimum absolute atomic E-state index is 0.128. The SMILES string of the molecule is O=C(CC1(c2ccc(F)cc2)C2CC3CC1CC(C2)O3)N1CC(O)C1. The fraction of sp³-hybridized carbons (Fsp3) is 0.650. The molecule has 134 valence electrons. The van der Waals surface area contributed by atoms with E-state index in [0.29, 0.717) is 43.6 Å². The highest BCUT2D eigenvalue weighted by molar-refractivity contribution is 5.79. The summed E-state index contributed by atoms with van der Waals surface area (Å²) < 4.78 is 19.6. The van der Waals surface area contributed by atoms with Gasteiger partial charge in [-0.05, 0) is 55.2 Å². The Bertz CT molecular complexity index is 655. The van der Waals surface area contributed by atoms with E-state index in [1.54, 1.807) is 4.90 Å². The van der Waals surface area contributed by atoms with E-state index in [0.717, 1.165) is 31.2 Å². The van der Waals surface area contributed by atoms with Crippen molar-refractivity contribution in [2.45, 2.75) is 55.8 Å². The van der Waals surface area contributed by atoms with Gasteiger partial charge in [0.25, 0.3) is 0 Å². The van der Waals surface area contributed by atoms with Crippen LogP contribution in [0.2, 0.25) is 0 Å². The molecule has 3 saturated heterocycles. The molecule has 3 heterocycles. The average molecular weight is 345 g/mol. The molecule has 5 fully saturated rings. The number of rotatable bonds is 3. The summed E-state index contributed by atoms with van der Waals surface area (Å²) in [7, 11) is 0. The smallest absolute Gasteiger partial charge is 0.223 e. The van der Waals surface area contributed by atoms with Gasteiger partial charge in [0.05, 0.1) is 18.3 Å². The van der Waals surface area contributed by atoms with Gasteiger partial charge in [-0.3, -0.25) is 4.79 Å². The number of amides is 1. The number of β-amino-alcohol motifs (C(OH)–C–C–N with tert-alkyl or cyclic N) is 1. The second kappa shape index (κ2) is 5.52. The summed E-state index contributed by atoms with van der Waals surface area (Å²) in [5.74, 6) is 0.736. The Labute approximate surface area is 147 Å². The van der Waals surface area contributed by atoms with Crippen LogP contribution in [0.15, 0.2) is 24.3 Å². The molecule has 0 unspecified atom stereocenters. The fourth-order valence-corrected chi connectivity index (χ4v) is 5.97. The Balaban J connectivity index is 1.52. The minimum atomic E-state index is -0.377. The molecule has 1 amide bonds. The van der Waals surface area contributed by atoms with Crippen LogP contribution < -0.4 is 0 Å². The van der Waals surface area contributed by atoms with Crippen LogP contribution in [0.5, 0.6) is 0 Å². The molecule has 1 aromatic carbocycles. The molecule has 3 aliphatic heterocycles. The van der Waals surface area contributed by atoms with Gasteiger partial charge in [0.1, 0.15) is 5.82 Å². The lowest BCUT2D eigenvalue weighted by Crippen LogP contribution is -2.62. The van der Waals surface area contributed by atoms with Crippen LogP contribution >= 0.6 is 0 Å². The van der Waals surface area contributed by atoms with Gasteiger partial charge in [-0.25, -0.2) is 4.39 Å². The number of halogens is 1. The standard InChI is InChI=1S/C20H24FNO3/c21-15-3-1-12(2-4-15)20(9-19(24)22-10-16(23)11-22)13-5-17-7-14(20)8-18(6-13)25-17/h1-4,13-14,16-18,23H,5-11H2. The monoisotopic (exact) mass is 345 g/mol. The topological polar surface area (TPSA) is 49.8 Å². The van der Waals surface area contributed by atoms with Gasteiger partial charge < -0.3 is 14.7 Å². The number of carbonyl (C=O) groups excluding carboxylic acids is 1. The number of nitrogens with zero attached hydrogens (tertiary/aromatic N) is 1. The highest BCUT2D eigenvalue weighted by atomic mass is 19.1. The van der Waals surface area contributed by atoms with E-state index in [9.17, 15) is 14.3 Å². The molecular weight excluding hydrogens is 321 g/mol. The van der Waals surface area contributed by atoms with Crippen LogP contribution in [0.4, 0.5) is 4.39 Å². The predicted molar refractivity (Wildman–Crippen MR) is 89.4 cm³/mol. The highest BCUT2D eigenvalue weighted by Gasteiger charge is 2.59. The molecule has 5 heteroatoms. The summed E-state index contributed by atoms with van der Waals surface area (Å²) in [5.41, 5.74) is 0.902. The third kappa shape index (κ3) is 2.36. The number of hydrogen-bond acceptors (Lipinski definition) is 3. The van der Waals surface area contributed by atoms with Crippen molar-refractivity contribution in [2.24, 2.45) is 11.8 Å². The van der Waals surface area contributed by atoms with E-state index in [2.05, 4.69) is 0 Å². The maximum absolute atomic E-state index is 13.5. The molecule has 0 aromatic heterocycles. The lowest BCUT2D eigenvalue weighted by Gasteiger charge is -2.61. The number of aliphatic hydroxyl groups excluding tert-OH is 1. The zero-order chi connectivity index (χ0) is 17.2. The Morgan fingerprint density at radius 3 is 2.20 bits per heavy atom. The summed E-state index contributed by atoms with van der Waals surface area (Å²) in [6, 6.07) is 6.82. The van der Waals surface area contributed by atoms with E-state index in [1.165, 1.54) is 12.1 Å². The van der Waals surface area contributed by atoms with Crippen molar-refractivity contribution < 1.29 is 19.0 Å². The lowest BCUT2D eigenvalue weighted by molar-refractivity contribution is -0.194. The summed E-state index contributed by atoms with van der Waals surface area (Å²) in [6.45, 7) is 0.893. The second-order valence-corrected chi connectivity index (χ2v) is 8.39. The molecule has 2 aliphatic carbocycles. The average Bonchev–Trinajstić information content (AvgIpc) is 2.55. The molecule has 6 rings (SSSR count). The Kier molecular flexibility index (Phi) is 3.48. The van der Waals surface area contributed by atoms with E-state index in [1.807, 2.05) is 12.1 Å². The predicted octanol–water partition coefficient (Wildman–Crippen LogP) is 2.24. The van der Waals surface area contributed by atoms with Crippen molar-refractivity contribution in [2.75, 3.05) is 13.1 Å². The van der Waals surface area contributed by atoms with Gasteiger partial charge >= 0.3 is 0 Å². The molecule has 0 radical (unpaired) electrons. The van der Waals surface area contributed by atoms with Gasteiger partial charge in [-0.15, -0.1) is 0 Å². The van der Waals surface area contributed by atoms with Gasteiger partial charge in [-0.2, -0.15) is 0 Å². The molecule has 4 nitrogen and oxygen atoms in total. The van der Waals surface area contributed by atoms with Crippen LogP contribution in [0, 0.1) is 17.7 Å². The molecule has 2 saturated carbocycles. The number of carbonyl (C=O) groups is 1. The van der Waals surface area contributed by atoms with E-state index < -0.39 is 0 Å². The normalized spacial score (nSPS) is 39.5. The lowest BCUT2D eigenvalue weighted by atomic mass is 9.48. The number of benzene rings is 1. The summed E-state index contributed by atoms with van der Waals surface area (Å²) in [5, 5.41) is 9.53. The van der Waals surface area contributed by atoms with Crippen LogP contribution in [0.25, 0.3) is 0 Å². The second-order valence-electron chi connectivity index (χ2n) is 8.39. The minimum Gasteiger partial charge on any atom is -0.389 e. The number of likely N-dealkylation sites (tertiary alicyclic amines) is 1. The van der Waals surface area contributed by atoms with Crippen LogP contribution in [0.1, 0.15) is 37.7 Å². The first-order valence-electron chi connectivity index (χ1n) is 9.42. The maximum atomic E-state index is 13.5. The molecule has 4 bridgehead atoms. The van der Waals surface area contributed by atoms with Crippen molar-refractivity contribution >= 4 is 5.91 Å². The quantitative estimate of drug-likeness (QED) is 0.914. The largest absolute Gasteiger partial charge is 0.389 e. The highest BCUT2D eigenvalue weighted by Crippen LogP contribution is 2.60. The Hall–Kier alpha value is -1.46. The maximum Gasteiger partial charge on any atom is 0.223 e. The molecule has 1 N–H and O–H groups in total. The van der Waals surface area contributed by atoms with Crippen molar-refractivity contribution in [1.82, 2.24) is 4.90 Å². The van der Waals surface area contributed by atoms with E-state index in [4.69, 9.17) is 4.74 Å². The number of ether oxygens (including phenoxy) is 1. The first-order valence-corrected chi connectivity index (χ1v) is 9.42. The van der Waals surface area contributed by atoms with E-state index in [-0.39, 0.29) is 23.2 Å². The van der Waals surface area contributed by atoms with E-state index >= 15 is 0 Å². The van der Waals surface area contributed by atoms with Crippen molar-refractivity contribution in [3.63, 3.8) is 0 Å². The summed E-state index contributed by atoms with van der Waals surface area (Å²) in [4.78, 5) is 14.7. The molecule has 0 atom stereocenters. The van der Waals surface area contributed by atoms with Crippen LogP contribution in [0.3, 0.4) is 0 Å². The summed E-state index contributed by atoms with van der Waals surface area (Å²) >= 11 is 0. The zero-order valence-corrected chi connectivity index (χ0v) is 14.2.